The van der Waals surface area contributed by atoms with E-state index in [1.165, 1.54) is 12.8 Å². The zero-order valence-electron chi connectivity index (χ0n) is 14.1. The molecule has 0 bridgehead atoms. The maximum absolute atomic E-state index is 11.9. The minimum atomic E-state index is -0.521. The van der Waals surface area contributed by atoms with E-state index < -0.39 is 6.10 Å². The number of nitrogens with one attached hydrogen (secondary N) is 1. The van der Waals surface area contributed by atoms with Gasteiger partial charge in [0.15, 0.2) is 0 Å². The Labute approximate surface area is 154 Å². The molecular weight excluding hydrogens is 347 g/mol. The van der Waals surface area contributed by atoms with Gasteiger partial charge in [0, 0.05) is 19.5 Å². The SMILES string of the molecule is CC1CCN(CC(O)CNC(=O)CCc2ccc(Cl)c(Cl)c2)CC1. The number of benzene rings is 1. The molecule has 24 heavy (non-hydrogen) atoms. The van der Waals surface area contributed by atoms with Gasteiger partial charge in [0.25, 0.3) is 0 Å². The van der Waals surface area contributed by atoms with Crippen molar-refractivity contribution in [1.82, 2.24) is 10.2 Å². The predicted molar refractivity (Wildman–Crippen MR) is 98.6 cm³/mol. The molecule has 4 nitrogen and oxygen atoms in total. The maximum atomic E-state index is 11.9. The lowest BCUT2D eigenvalue weighted by molar-refractivity contribution is -0.121. The van der Waals surface area contributed by atoms with E-state index in [1.807, 2.05) is 6.07 Å². The second-order valence-electron chi connectivity index (χ2n) is 6.69. The van der Waals surface area contributed by atoms with E-state index in [4.69, 9.17) is 23.2 Å². The van der Waals surface area contributed by atoms with Gasteiger partial charge in [0.1, 0.15) is 0 Å². The molecule has 0 saturated carbocycles. The lowest BCUT2D eigenvalue weighted by atomic mass is 9.99. The monoisotopic (exact) mass is 372 g/mol. The molecule has 0 radical (unpaired) electrons. The molecule has 1 fully saturated rings. The Morgan fingerprint density at radius 1 is 1.33 bits per heavy atom. The number of carbonyl (C=O) groups excluding carboxylic acids is 1. The summed E-state index contributed by atoms with van der Waals surface area (Å²) in [6.07, 6.45) is 2.81. The van der Waals surface area contributed by atoms with Crippen molar-refractivity contribution in [3.63, 3.8) is 0 Å². The fraction of sp³-hybridized carbons (Fsp3) is 0.611. The van der Waals surface area contributed by atoms with Crippen molar-refractivity contribution in [2.24, 2.45) is 5.92 Å². The Bertz CT molecular complexity index is 546. The number of rotatable bonds is 7. The minimum absolute atomic E-state index is 0.0626. The number of nitrogens with zero attached hydrogens (tertiary/aromatic N) is 1. The molecule has 0 aromatic heterocycles. The van der Waals surface area contributed by atoms with Crippen LogP contribution in [0.25, 0.3) is 0 Å². The lowest BCUT2D eigenvalue weighted by Gasteiger charge is -2.31. The number of amides is 1. The summed E-state index contributed by atoms with van der Waals surface area (Å²) < 4.78 is 0. The van der Waals surface area contributed by atoms with Crippen molar-refractivity contribution < 1.29 is 9.90 Å². The number of halogens is 2. The first-order valence-corrected chi connectivity index (χ1v) is 9.30. The summed E-state index contributed by atoms with van der Waals surface area (Å²) in [7, 11) is 0. The summed E-state index contributed by atoms with van der Waals surface area (Å²) in [5, 5.41) is 13.9. The Kier molecular flexibility index (Phi) is 7.82. The first-order valence-electron chi connectivity index (χ1n) is 8.55. The van der Waals surface area contributed by atoms with Crippen LogP contribution in [0.1, 0.15) is 31.7 Å². The van der Waals surface area contributed by atoms with Crippen LogP contribution in [0.4, 0.5) is 0 Å². The van der Waals surface area contributed by atoms with Gasteiger partial charge < -0.3 is 15.3 Å². The number of carbonyl (C=O) groups is 1. The van der Waals surface area contributed by atoms with E-state index in [0.29, 0.717) is 36.0 Å². The highest BCUT2D eigenvalue weighted by Gasteiger charge is 2.18. The topological polar surface area (TPSA) is 52.6 Å². The third kappa shape index (κ3) is 6.60. The number of aliphatic hydroxyl groups excluding tert-OH is 1. The quantitative estimate of drug-likeness (QED) is 0.772. The molecule has 134 valence electrons. The van der Waals surface area contributed by atoms with Gasteiger partial charge in [-0.25, -0.2) is 0 Å². The zero-order valence-corrected chi connectivity index (χ0v) is 15.6. The summed E-state index contributed by atoms with van der Waals surface area (Å²) in [5.41, 5.74) is 0.975. The summed E-state index contributed by atoms with van der Waals surface area (Å²) in [6, 6.07) is 5.39. The van der Waals surface area contributed by atoms with Crippen LogP contribution < -0.4 is 5.32 Å². The molecule has 1 amide bonds. The van der Waals surface area contributed by atoms with Gasteiger partial charge in [-0.3, -0.25) is 4.79 Å². The van der Waals surface area contributed by atoms with Crippen LogP contribution in [0, 0.1) is 5.92 Å². The van der Waals surface area contributed by atoms with Crippen molar-refractivity contribution in [3.8, 4) is 0 Å². The molecule has 1 aromatic carbocycles. The van der Waals surface area contributed by atoms with Gasteiger partial charge in [0.2, 0.25) is 5.91 Å². The largest absolute Gasteiger partial charge is 0.390 e. The zero-order chi connectivity index (χ0) is 17.5. The van der Waals surface area contributed by atoms with Crippen molar-refractivity contribution >= 4 is 29.1 Å². The summed E-state index contributed by atoms with van der Waals surface area (Å²) >= 11 is 11.8. The van der Waals surface area contributed by atoms with Crippen LogP contribution >= 0.6 is 23.2 Å². The van der Waals surface area contributed by atoms with E-state index in [-0.39, 0.29) is 5.91 Å². The molecule has 2 N–H and O–H groups in total. The third-order valence-electron chi connectivity index (χ3n) is 4.50. The molecule has 6 heteroatoms. The first-order chi connectivity index (χ1) is 11.4. The summed E-state index contributed by atoms with van der Waals surface area (Å²) in [5.74, 6) is 0.715. The molecular formula is C18H26Cl2N2O2. The molecule has 1 aromatic rings. The van der Waals surface area contributed by atoms with Gasteiger partial charge in [-0.2, -0.15) is 0 Å². The fourth-order valence-corrected chi connectivity index (χ4v) is 3.20. The number of β-amino-alcohol motifs (C(OH)–C–C–N with tert-alkyl or cyclic N) is 1. The fourth-order valence-electron chi connectivity index (χ4n) is 2.88. The van der Waals surface area contributed by atoms with E-state index >= 15 is 0 Å². The van der Waals surface area contributed by atoms with Gasteiger partial charge in [-0.05, 0) is 56.0 Å². The Morgan fingerprint density at radius 3 is 2.71 bits per heavy atom. The van der Waals surface area contributed by atoms with E-state index in [0.717, 1.165) is 24.6 Å². The van der Waals surface area contributed by atoms with Crippen LogP contribution in [0.15, 0.2) is 18.2 Å². The summed E-state index contributed by atoms with van der Waals surface area (Å²) in [6.45, 7) is 5.25. The summed E-state index contributed by atoms with van der Waals surface area (Å²) in [4.78, 5) is 14.2. The van der Waals surface area contributed by atoms with Crippen molar-refractivity contribution in [2.75, 3.05) is 26.2 Å². The normalized spacial score (nSPS) is 17.7. The average molecular weight is 373 g/mol. The number of hydrogen-bond donors (Lipinski definition) is 2. The second kappa shape index (κ2) is 9.62. The first kappa shape index (κ1) is 19.5. The molecule has 0 aliphatic carbocycles. The van der Waals surface area contributed by atoms with Crippen LogP contribution in [0.3, 0.4) is 0 Å². The highest BCUT2D eigenvalue weighted by Crippen LogP contribution is 2.23. The number of aliphatic hydroxyl groups is 1. The van der Waals surface area contributed by atoms with Gasteiger partial charge in [-0.1, -0.05) is 36.2 Å². The lowest BCUT2D eigenvalue weighted by Crippen LogP contribution is -2.43. The molecule has 1 aliphatic heterocycles. The van der Waals surface area contributed by atoms with Crippen molar-refractivity contribution in [1.29, 1.82) is 0 Å². The number of likely N-dealkylation sites (tertiary alicyclic amines) is 1. The van der Waals surface area contributed by atoms with Gasteiger partial charge in [0.05, 0.1) is 16.1 Å². The molecule has 1 saturated heterocycles. The smallest absolute Gasteiger partial charge is 0.220 e. The molecule has 1 atom stereocenters. The standard InChI is InChI=1S/C18H26Cl2N2O2/c1-13-6-8-22(9-7-13)12-15(23)11-21-18(24)5-3-14-2-4-16(19)17(20)10-14/h2,4,10,13,15,23H,3,5-9,11-12H2,1H3,(H,21,24). The molecule has 1 heterocycles. The average Bonchev–Trinajstić information content (AvgIpc) is 2.56. The molecule has 0 spiro atoms. The van der Waals surface area contributed by atoms with Crippen LogP contribution in [-0.2, 0) is 11.2 Å². The predicted octanol–water partition coefficient (Wildman–Crippen LogP) is 3.14. The number of aryl methyl sites for hydroxylation is 1. The maximum Gasteiger partial charge on any atom is 0.220 e. The molecule has 2 rings (SSSR count). The number of piperidine rings is 1. The molecule has 1 unspecified atom stereocenters. The second-order valence-corrected chi connectivity index (χ2v) is 7.50. The Balaban J connectivity index is 1.64. The minimum Gasteiger partial charge on any atom is -0.390 e. The highest BCUT2D eigenvalue weighted by molar-refractivity contribution is 6.42. The highest BCUT2D eigenvalue weighted by atomic mass is 35.5. The van der Waals surface area contributed by atoms with E-state index in [1.54, 1.807) is 12.1 Å². The molecule has 1 aliphatic rings. The Morgan fingerprint density at radius 2 is 2.04 bits per heavy atom. The van der Waals surface area contributed by atoms with Crippen LogP contribution in [0.5, 0.6) is 0 Å². The van der Waals surface area contributed by atoms with Gasteiger partial charge >= 0.3 is 0 Å². The van der Waals surface area contributed by atoms with Crippen molar-refractivity contribution in [2.45, 2.75) is 38.7 Å². The van der Waals surface area contributed by atoms with Crippen LogP contribution in [0.2, 0.25) is 10.0 Å². The van der Waals surface area contributed by atoms with E-state index in [9.17, 15) is 9.90 Å². The van der Waals surface area contributed by atoms with Gasteiger partial charge in [-0.15, -0.1) is 0 Å². The van der Waals surface area contributed by atoms with Crippen molar-refractivity contribution in [3.05, 3.63) is 33.8 Å². The number of hydrogen-bond acceptors (Lipinski definition) is 3. The Hall–Kier alpha value is -0.810. The third-order valence-corrected chi connectivity index (χ3v) is 5.24. The van der Waals surface area contributed by atoms with Crippen LogP contribution in [-0.4, -0.2) is 48.2 Å². The van der Waals surface area contributed by atoms with E-state index in [2.05, 4.69) is 17.1 Å².